The molecule has 3 heteroatoms. The lowest BCUT2D eigenvalue weighted by molar-refractivity contribution is 0.475. The van der Waals surface area contributed by atoms with Crippen molar-refractivity contribution in [3.63, 3.8) is 0 Å². The first-order valence-corrected chi connectivity index (χ1v) is 3.47. The van der Waals surface area contributed by atoms with Gasteiger partial charge in [-0.2, -0.15) is 0 Å². The lowest BCUT2D eigenvalue weighted by Gasteiger charge is -2.04. The molecule has 3 nitrogen and oxygen atoms in total. The predicted octanol–water partition coefficient (Wildman–Crippen LogP) is 0.178. The van der Waals surface area contributed by atoms with E-state index < -0.39 is 0 Å². The fourth-order valence-electron chi connectivity index (χ4n) is 0.904. The maximum Gasteiger partial charge on any atom is 0.115 e. The first-order chi connectivity index (χ1) is 5.18. The third kappa shape index (κ3) is 2.57. The minimum Gasteiger partial charge on any atom is -0.508 e. The molecule has 11 heavy (non-hydrogen) atoms. The monoisotopic (exact) mass is 152 g/mol. The van der Waals surface area contributed by atoms with Crippen molar-refractivity contribution in [1.29, 1.82) is 0 Å². The predicted molar refractivity (Wildman–Crippen MR) is 44.0 cm³/mol. The Morgan fingerprint density at radius 1 is 1.18 bits per heavy atom. The lowest BCUT2D eigenvalue weighted by atomic mass is 10.1. The van der Waals surface area contributed by atoms with Gasteiger partial charge >= 0.3 is 0 Å². The highest BCUT2D eigenvalue weighted by molar-refractivity contribution is 5.26. The maximum atomic E-state index is 8.93. The Kier molecular flexibility index (Phi) is 2.46. The molecule has 0 spiro atoms. The van der Waals surface area contributed by atoms with Crippen LogP contribution < -0.4 is 11.5 Å². The third-order valence-corrected chi connectivity index (χ3v) is 1.41. The number of phenolic OH excluding ortho intramolecular Hbond substituents is 1. The van der Waals surface area contributed by atoms with Crippen molar-refractivity contribution in [2.24, 2.45) is 11.5 Å². The molecule has 0 unspecified atom stereocenters. The van der Waals surface area contributed by atoms with Crippen LogP contribution >= 0.6 is 0 Å². The standard InChI is InChI=1S/C8H12N2O/c9-8(10)5-6-1-3-7(11)4-2-6/h1-4,8,11H,5,9-10H2. The zero-order valence-electron chi connectivity index (χ0n) is 6.20. The van der Waals surface area contributed by atoms with E-state index in [4.69, 9.17) is 16.6 Å². The SMILES string of the molecule is NC(N)Cc1ccc(O)cc1. The van der Waals surface area contributed by atoms with E-state index in [1.807, 2.05) is 12.1 Å². The highest BCUT2D eigenvalue weighted by Crippen LogP contribution is 2.09. The Balaban J connectivity index is 2.66. The van der Waals surface area contributed by atoms with Gasteiger partial charge in [0.2, 0.25) is 0 Å². The molecule has 0 aliphatic rings. The highest BCUT2D eigenvalue weighted by Gasteiger charge is 1.96. The molecule has 1 aromatic carbocycles. The van der Waals surface area contributed by atoms with Gasteiger partial charge in [0.1, 0.15) is 5.75 Å². The fraction of sp³-hybridized carbons (Fsp3) is 0.250. The second-order valence-electron chi connectivity index (χ2n) is 2.53. The first kappa shape index (κ1) is 8.04. The molecule has 0 saturated heterocycles. The zero-order valence-corrected chi connectivity index (χ0v) is 6.20. The number of hydrogen-bond donors (Lipinski definition) is 3. The van der Waals surface area contributed by atoms with E-state index in [9.17, 15) is 0 Å². The van der Waals surface area contributed by atoms with Gasteiger partial charge in [0, 0.05) is 6.42 Å². The molecular weight excluding hydrogens is 140 g/mol. The molecule has 0 radical (unpaired) electrons. The quantitative estimate of drug-likeness (QED) is 0.529. The summed E-state index contributed by atoms with van der Waals surface area (Å²) in [6, 6.07) is 6.86. The van der Waals surface area contributed by atoms with Gasteiger partial charge in [-0.3, -0.25) is 0 Å². The smallest absolute Gasteiger partial charge is 0.115 e. The normalized spacial score (nSPS) is 10.5. The van der Waals surface area contributed by atoms with Gasteiger partial charge in [-0.25, -0.2) is 0 Å². The Hall–Kier alpha value is -1.06. The van der Waals surface area contributed by atoms with Crippen LogP contribution in [0.15, 0.2) is 24.3 Å². The molecular formula is C8H12N2O. The molecule has 0 aliphatic heterocycles. The number of rotatable bonds is 2. The van der Waals surface area contributed by atoms with Crippen molar-refractivity contribution in [2.75, 3.05) is 0 Å². The summed E-state index contributed by atoms with van der Waals surface area (Å²) in [5.74, 6) is 0.263. The number of hydrogen-bond acceptors (Lipinski definition) is 3. The molecule has 0 fully saturated rings. The maximum absolute atomic E-state index is 8.93. The van der Waals surface area contributed by atoms with E-state index in [0.29, 0.717) is 6.42 Å². The van der Waals surface area contributed by atoms with Crippen LogP contribution in [0.5, 0.6) is 5.75 Å². The molecule has 0 bridgehead atoms. The highest BCUT2D eigenvalue weighted by atomic mass is 16.3. The molecule has 0 atom stereocenters. The topological polar surface area (TPSA) is 72.3 Å². The summed E-state index contributed by atoms with van der Waals surface area (Å²) in [4.78, 5) is 0. The van der Waals surface area contributed by atoms with Crippen molar-refractivity contribution < 1.29 is 5.11 Å². The van der Waals surface area contributed by atoms with Crippen LogP contribution in [-0.4, -0.2) is 11.3 Å². The molecule has 1 rings (SSSR count). The van der Waals surface area contributed by atoms with Crippen molar-refractivity contribution in [2.45, 2.75) is 12.6 Å². The van der Waals surface area contributed by atoms with Crippen molar-refractivity contribution in [1.82, 2.24) is 0 Å². The van der Waals surface area contributed by atoms with Crippen LogP contribution in [0.3, 0.4) is 0 Å². The Morgan fingerprint density at radius 3 is 2.18 bits per heavy atom. The van der Waals surface area contributed by atoms with Gasteiger partial charge in [0.15, 0.2) is 0 Å². The summed E-state index contributed by atoms with van der Waals surface area (Å²) in [5, 5.41) is 8.93. The minimum atomic E-state index is -0.320. The van der Waals surface area contributed by atoms with Gasteiger partial charge in [-0.1, -0.05) is 12.1 Å². The first-order valence-electron chi connectivity index (χ1n) is 3.47. The van der Waals surface area contributed by atoms with Crippen molar-refractivity contribution in [3.05, 3.63) is 29.8 Å². The molecule has 0 aliphatic carbocycles. The van der Waals surface area contributed by atoms with E-state index in [0.717, 1.165) is 5.56 Å². The molecule has 1 aromatic rings. The minimum absolute atomic E-state index is 0.263. The number of phenols is 1. The van der Waals surface area contributed by atoms with Gasteiger partial charge < -0.3 is 16.6 Å². The molecule has 0 amide bonds. The summed E-state index contributed by atoms with van der Waals surface area (Å²) in [5.41, 5.74) is 11.8. The van der Waals surface area contributed by atoms with E-state index in [1.54, 1.807) is 12.1 Å². The van der Waals surface area contributed by atoms with Gasteiger partial charge in [0.05, 0.1) is 6.17 Å². The molecule has 5 N–H and O–H groups in total. The number of nitrogens with two attached hydrogens (primary N) is 2. The van der Waals surface area contributed by atoms with E-state index >= 15 is 0 Å². The third-order valence-electron chi connectivity index (χ3n) is 1.41. The molecule has 0 aromatic heterocycles. The molecule has 0 saturated carbocycles. The Morgan fingerprint density at radius 2 is 1.73 bits per heavy atom. The Labute approximate surface area is 65.6 Å². The van der Waals surface area contributed by atoms with E-state index in [-0.39, 0.29) is 11.9 Å². The van der Waals surface area contributed by atoms with Crippen LogP contribution in [0.4, 0.5) is 0 Å². The summed E-state index contributed by atoms with van der Waals surface area (Å²) in [6.07, 6.45) is 0.319. The van der Waals surface area contributed by atoms with E-state index in [2.05, 4.69) is 0 Å². The average Bonchev–Trinajstić information content (AvgIpc) is 1.93. The fourth-order valence-corrected chi connectivity index (χ4v) is 0.904. The summed E-state index contributed by atoms with van der Waals surface area (Å²) in [6.45, 7) is 0. The molecule has 0 heterocycles. The van der Waals surface area contributed by atoms with Gasteiger partial charge in [-0.15, -0.1) is 0 Å². The number of benzene rings is 1. The van der Waals surface area contributed by atoms with Crippen LogP contribution in [0.2, 0.25) is 0 Å². The van der Waals surface area contributed by atoms with Crippen LogP contribution in [0, 0.1) is 0 Å². The number of aromatic hydroxyl groups is 1. The summed E-state index contributed by atoms with van der Waals surface area (Å²) in [7, 11) is 0. The van der Waals surface area contributed by atoms with Crippen LogP contribution in [0.25, 0.3) is 0 Å². The lowest BCUT2D eigenvalue weighted by Crippen LogP contribution is -2.32. The van der Waals surface area contributed by atoms with Crippen LogP contribution in [0.1, 0.15) is 5.56 Å². The second-order valence-corrected chi connectivity index (χ2v) is 2.53. The Bertz CT molecular complexity index is 218. The largest absolute Gasteiger partial charge is 0.508 e. The van der Waals surface area contributed by atoms with Crippen molar-refractivity contribution >= 4 is 0 Å². The summed E-state index contributed by atoms with van der Waals surface area (Å²) < 4.78 is 0. The van der Waals surface area contributed by atoms with Crippen molar-refractivity contribution in [3.8, 4) is 5.75 Å². The zero-order chi connectivity index (χ0) is 8.27. The molecule has 60 valence electrons. The van der Waals surface area contributed by atoms with E-state index in [1.165, 1.54) is 0 Å². The van der Waals surface area contributed by atoms with Gasteiger partial charge in [0.25, 0.3) is 0 Å². The second kappa shape index (κ2) is 3.37. The average molecular weight is 152 g/mol. The van der Waals surface area contributed by atoms with Gasteiger partial charge in [-0.05, 0) is 17.7 Å². The van der Waals surface area contributed by atoms with Crippen LogP contribution in [-0.2, 0) is 6.42 Å². The summed E-state index contributed by atoms with van der Waals surface area (Å²) >= 11 is 0.